The highest BCUT2D eigenvalue weighted by molar-refractivity contribution is 7.20. The number of benzene rings is 3. The largest absolute Gasteiger partial charge is 0.140 e. The molecule has 32 heavy (non-hydrogen) atoms. The van der Waals surface area contributed by atoms with Crippen molar-refractivity contribution in [2.75, 3.05) is 0 Å². The summed E-state index contributed by atoms with van der Waals surface area (Å²) in [6.07, 6.45) is 11.1. The van der Waals surface area contributed by atoms with E-state index in [1.54, 1.807) is 4.88 Å². The predicted molar refractivity (Wildman–Crippen MR) is 146 cm³/mol. The number of hydrogen-bond acceptors (Lipinski definition) is 2. The summed E-state index contributed by atoms with van der Waals surface area (Å²) in [6.45, 7) is 4.62. The molecule has 2 heteroatoms. The minimum atomic E-state index is 0.703. The fraction of sp³-hybridized carbons (Fsp3) is 0.400. The van der Waals surface area contributed by atoms with Crippen molar-refractivity contribution < 1.29 is 0 Å². The zero-order valence-electron chi connectivity index (χ0n) is 19.2. The Morgan fingerprint density at radius 3 is 1.91 bits per heavy atom. The van der Waals surface area contributed by atoms with Gasteiger partial charge >= 0.3 is 0 Å². The molecule has 1 aliphatic rings. The Hall–Kier alpha value is -1.90. The Morgan fingerprint density at radius 2 is 1.28 bits per heavy atom. The summed E-state index contributed by atoms with van der Waals surface area (Å²) in [5.41, 5.74) is 0. The van der Waals surface area contributed by atoms with Gasteiger partial charge in [0.1, 0.15) is 0 Å². The number of fused-ring (bicyclic) bond motifs is 6. The molecule has 0 radical (unpaired) electrons. The first-order valence-electron chi connectivity index (χ1n) is 12.4. The molecule has 0 N–H and O–H groups in total. The molecule has 0 amide bonds. The molecule has 0 spiro atoms. The van der Waals surface area contributed by atoms with E-state index in [0.29, 0.717) is 5.92 Å². The Balaban J connectivity index is 1.39. The predicted octanol–water partition coefficient (Wildman–Crippen LogP) is 10.1. The van der Waals surface area contributed by atoms with Crippen molar-refractivity contribution >= 4 is 64.4 Å². The van der Waals surface area contributed by atoms with E-state index in [-0.39, 0.29) is 0 Å². The van der Waals surface area contributed by atoms with Gasteiger partial charge in [0.25, 0.3) is 0 Å². The van der Waals surface area contributed by atoms with E-state index in [0.717, 1.165) is 5.92 Å². The van der Waals surface area contributed by atoms with Gasteiger partial charge in [0.2, 0.25) is 0 Å². The minimum absolute atomic E-state index is 0.703. The van der Waals surface area contributed by atoms with Gasteiger partial charge in [0, 0.05) is 29.9 Å². The summed E-state index contributed by atoms with van der Waals surface area (Å²) in [4.78, 5) is 3.09. The highest BCUT2D eigenvalue weighted by Crippen LogP contribution is 2.39. The molecule has 0 aliphatic heterocycles. The van der Waals surface area contributed by atoms with Crippen LogP contribution in [0.1, 0.15) is 62.1 Å². The first kappa shape index (κ1) is 20.7. The Bertz CT molecular complexity index is 1410. The molecule has 2 aromatic heterocycles. The van der Waals surface area contributed by atoms with Gasteiger partial charge < -0.3 is 0 Å². The van der Waals surface area contributed by atoms with Gasteiger partial charge in [-0.25, -0.2) is 0 Å². The van der Waals surface area contributed by atoms with Crippen molar-refractivity contribution in [1.82, 2.24) is 0 Å². The molecule has 0 saturated heterocycles. The highest BCUT2D eigenvalue weighted by Gasteiger charge is 2.15. The van der Waals surface area contributed by atoms with E-state index >= 15 is 0 Å². The third-order valence-corrected chi connectivity index (χ3v) is 9.80. The molecule has 3 aromatic carbocycles. The molecule has 5 aromatic rings. The smallest absolute Gasteiger partial charge is 0.0424 e. The zero-order valence-corrected chi connectivity index (χ0v) is 20.9. The maximum Gasteiger partial charge on any atom is 0.0424 e. The lowest BCUT2D eigenvalue weighted by Gasteiger charge is -2.20. The molecule has 1 aliphatic carbocycles. The second-order valence-corrected chi connectivity index (χ2v) is 12.6. The minimum Gasteiger partial charge on any atom is -0.140 e. The Labute approximate surface area is 199 Å². The van der Waals surface area contributed by atoms with Crippen LogP contribution in [0.3, 0.4) is 0 Å². The van der Waals surface area contributed by atoms with Crippen LogP contribution in [0, 0.1) is 11.8 Å². The van der Waals surface area contributed by atoms with Gasteiger partial charge in [-0.2, -0.15) is 0 Å². The monoisotopic (exact) mass is 456 g/mol. The van der Waals surface area contributed by atoms with E-state index in [1.807, 2.05) is 22.7 Å². The summed E-state index contributed by atoms with van der Waals surface area (Å²) in [5.74, 6) is 1.66. The van der Waals surface area contributed by atoms with E-state index in [1.165, 1.54) is 98.0 Å². The topological polar surface area (TPSA) is 0 Å². The van der Waals surface area contributed by atoms with Gasteiger partial charge in [-0.3, -0.25) is 0 Å². The standard InChI is InChI=1S/C30H32S2/c1-19(2)14-26-16-24-12-10-22-17-27-21(18-28(22)30(24)32-26)9-11-23-15-25(31-29(23)27)13-8-20-6-4-3-5-7-20/h9-12,15-20H,3-8,13-14H2,1-2H3. The fourth-order valence-electron chi connectivity index (χ4n) is 5.70. The lowest BCUT2D eigenvalue weighted by molar-refractivity contribution is 0.340. The van der Waals surface area contributed by atoms with Crippen LogP contribution in [-0.4, -0.2) is 0 Å². The maximum absolute atomic E-state index is 2.47. The zero-order chi connectivity index (χ0) is 21.7. The molecule has 1 fully saturated rings. The molecular weight excluding hydrogens is 424 g/mol. The second-order valence-electron chi connectivity index (χ2n) is 10.3. The number of hydrogen-bond donors (Lipinski definition) is 0. The van der Waals surface area contributed by atoms with Gasteiger partial charge in [-0.05, 0) is 76.9 Å². The van der Waals surface area contributed by atoms with Crippen LogP contribution in [0.5, 0.6) is 0 Å². The molecule has 0 nitrogen and oxygen atoms in total. The van der Waals surface area contributed by atoms with Crippen molar-refractivity contribution in [3.63, 3.8) is 0 Å². The molecule has 0 atom stereocenters. The van der Waals surface area contributed by atoms with Crippen LogP contribution in [0.4, 0.5) is 0 Å². The third-order valence-electron chi connectivity index (χ3n) is 7.35. The average molecular weight is 457 g/mol. The first-order valence-corrected chi connectivity index (χ1v) is 14.1. The Kier molecular flexibility index (Phi) is 5.47. The SMILES string of the molecule is CC(C)Cc1cc2ccc3cc4c(ccc5cc(CCC6CCCCC6)sc54)cc3c2s1. The quantitative estimate of drug-likeness (QED) is 0.231. The highest BCUT2D eigenvalue weighted by atomic mass is 32.1. The second kappa shape index (κ2) is 8.47. The lowest BCUT2D eigenvalue weighted by Crippen LogP contribution is -2.06. The van der Waals surface area contributed by atoms with Crippen LogP contribution in [-0.2, 0) is 12.8 Å². The van der Waals surface area contributed by atoms with E-state index in [4.69, 9.17) is 0 Å². The van der Waals surface area contributed by atoms with Crippen molar-refractivity contribution in [3.8, 4) is 0 Å². The van der Waals surface area contributed by atoms with E-state index in [9.17, 15) is 0 Å². The normalized spacial score (nSPS) is 15.7. The summed E-state index contributed by atoms with van der Waals surface area (Å²) < 4.78 is 2.94. The molecule has 1 saturated carbocycles. The van der Waals surface area contributed by atoms with Gasteiger partial charge in [-0.1, -0.05) is 70.2 Å². The summed E-state index contributed by atoms with van der Waals surface area (Å²) in [6, 6.07) is 19.1. The maximum atomic E-state index is 2.47. The molecule has 164 valence electrons. The summed E-state index contributed by atoms with van der Waals surface area (Å²) in [7, 11) is 0. The molecule has 0 bridgehead atoms. The van der Waals surface area contributed by atoms with Crippen molar-refractivity contribution in [2.24, 2.45) is 11.8 Å². The van der Waals surface area contributed by atoms with Crippen molar-refractivity contribution in [3.05, 3.63) is 58.3 Å². The average Bonchev–Trinajstić information content (AvgIpc) is 3.40. The lowest BCUT2D eigenvalue weighted by atomic mass is 9.86. The molecule has 0 unspecified atom stereocenters. The third kappa shape index (κ3) is 3.86. The van der Waals surface area contributed by atoms with Crippen LogP contribution in [0.2, 0.25) is 0 Å². The fourth-order valence-corrected chi connectivity index (χ4v) is 8.29. The van der Waals surface area contributed by atoms with Crippen LogP contribution < -0.4 is 0 Å². The summed E-state index contributed by atoms with van der Waals surface area (Å²) >= 11 is 4.04. The van der Waals surface area contributed by atoms with Gasteiger partial charge in [0.15, 0.2) is 0 Å². The number of rotatable bonds is 5. The van der Waals surface area contributed by atoms with Gasteiger partial charge in [0.05, 0.1) is 0 Å². The van der Waals surface area contributed by atoms with Gasteiger partial charge in [-0.15, -0.1) is 22.7 Å². The van der Waals surface area contributed by atoms with Crippen LogP contribution >= 0.6 is 22.7 Å². The van der Waals surface area contributed by atoms with Crippen LogP contribution in [0.25, 0.3) is 41.7 Å². The van der Waals surface area contributed by atoms with E-state index in [2.05, 4.69) is 62.4 Å². The first-order chi connectivity index (χ1) is 15.6. The van der Waals surface area contributed by atoms with Crippen molar-refractivity contribution in [1.29, 1.82) is 0 Å². The number of thiophene rings is 2. The Morgan fingerprint density at radius 1 is 0.719 bits per heavy atom. The number of aryl methyl sites for hydroxylation is 1. The summed E-state index contributed by atoms with van der Waals surface area (Å²) in [5, 5.41) is 8.45. The van der Waals surface area contributed by atoms with Crippen LogP contribution in [0.15, 0.2) is 48.5 Å². The van der Waals surface area contributed by atoms with Crippen molar-refractivity contribution in [2.45, 2.75) is 65.2 Å². The molecular formula is C30H32S2. The molecule has 2 heterocycles. The van der Waals surface area contributed by atoms with E-state index < -0.39 is 0 Å². The molecule has 6 rings (SSSR count).